The average Bonchev–Trinajstić information content (AvgIpc) is 2.84. The van der Waals surface area contributed by atoms with Gasteiger partial charge in [-0.2, -0.15) is 0 Å². The molecule has 0 saturated carbocycles. The highest BCUT2D eigenvalue weighted by molar-refractivity contribution is 5.75. The Morgan fingerprint density at radius 3 is 2.45 bits per heavy atom. The predicted molar refractivity (Wildman–Crippen MR) is 80.7 cm³/mol. The molecule has 20 heavy (non-hydrogen) atoms. The second-order valence-corrected chi connectivity index (χ2v) is 5.97. The van der Waals surface area contributed by atoms with Crippen molar-refractivity contribution in [1.82, 2.24) is 4.90 Å². The van der Waals surface area contributed by atoms with E-state index in [4.69, 9.17) is 0 Å². The van der Waals surface area contributed by atoms with Crippen LogP contribution in [0.3, 0.4) is 0 Å². The third-order valence-corrected chi connectivity index (χ3v) is 4.45. The molecule has 1 heterocycles. The van der Waals surface area contributed by atoms with Gasteiger partial charge in [-0.25, -0.2) is 0 Å². The monoisotopic (exact) mass is 275 g/mol. The van der Waals surface area contributed by atoms with Gasteiger partial charge in [0, 0.05) is 13.1 Å². The van der Waals surface area contributed by atoms with Gasteiger partial charge in [0.1, 0.15) is 0 Å². The third kappa shape index (κ3) is 3.21. The smallest absolute Gasteiger partial charge is 0.310 e. The average molecular weight is 275 g/mol. The molecule has 110 valence electrons. The molecule has 1 saturated heterocycles. The van der Waals surface area contributed by atoms with Crippen LogP contribution >= 0.6 is 0 Å². The van der Waals surface area contributed by atoms with Crippen molar-refractivity contribution in [2.45, 2.75) is 46.1 Å². The molecule has 0 bridgehead atoms. The lowest BCUT2D eigenvalue weighted by Crippen LogP contribution is -2.34. The summed E-state index contributed by atoms with van der Waals surface area (Å²) in [7, 11) is 0. The van der Waals surface area contributed by atoms with Crippen molar-refractivity contribution in [3.8, 4) is 0 Å². The number of carboxylic acid groups (broad SMARTS) is 1. The van der Waals surface area contributed by atoms with Crippen molar-refractivity contribution in [3.63, 3.8) is 0 Å². The minimum Gasteiger partial charge on any atom is -0.481 e. The van der Waals surface area contributed by atoms with E-state index < -0.39 is 11.4 Å². The van der Waals surface area contributed by atoms with Gasteiger partial charge >= 0.3 is 5.97 Å². The van der Waals surface area contributed by atoms with Crippen molar-refractivity contribution in [2.75, 3.05) is 13.1 Å². The topological polar surface area (TPSA) is 40.5 Å². The van der Waals surface area contributed by atoms with E-state index in [9.17, 15) is 9.90 Å². The Bertz CT molecular complexity index is 455. The maximum Gasteiger partial charge on any atom is 0.310 e. The van der Waals surface area contributed by atoms with Crippen LogP contribution in [0.15, 0.2) is 24.3 Å². The molecular formula is C17H25NO2. The van der Waals surface area contributed by atoms with Gasteiger partial charge in [0.15, 0.2) is 0 Å². The molecule has 1 fully saturated rings. The minimum atomic E-state index is -0.622. The quantitative estimate of drug-likeness (QED) is 0.865. The lowest BCUT2D eigenvalue weighted by atomic mass is 9.83. The van der Waals surface area contributed by atoms with Crippen LogP contribution in [0.1, 0.15) is 44.2 Å². The van der Waals surface area contributed by atoms with E-state index in [1.165, 1.54) is 11.1 Å². The third-order valence-electron chi connectivity index (χ3n) is 4.45. The molecule has 1 aromatic carbocycles. The maximum atomic E-state index is 11.6. The van der Waals surface area contributed by atoms with E-state index in [2.05, 4.69) is 43.0 Å². The highest BCUT2D eigenvalue weighted by Crippen LogP contribution is 2.36. The number of hydrogen-bond acceptors (Lipinski definition) is 2. The van der Waals surface area contributed by atoms with Crippen LogP contribution in [0.2, 0.25) is 0 Å². The number of benzene rings is 1. The normalized spacial score (nSPS) is 23.1. The van der Waals surface area contributed by atoms with Gasteiger partial charge in [-0.15, -0.1) is 0 Å². The van der Waals surface area contributed by atoms with Crippen LogP contribution in [-0.4, -0.2) is 29.1 Å². The zero-order valence-corrected chi connectivity index (χ0v) is 12.6. The van der Waals surface area contributed by atoms with Crippen molar-refractivity contribution in [3.05, 3.63) is 35.4 Å². The Labute approximate surface area is 121 Å². The summed E-state index contributed by atoms with van der Waals surface area (Å²) in [5, 5.41) is 9.52. The fourth-order valence-corrected chi connectivity index (χ4v) is 3.20. The van der Waals surface area contributed by atoms with Crippen LogP contribution in [0, 0.1) is 5.41 Å². The lowest BCUT2D eigenvalue weighted by Gasteiger charge is -2.24. The van der Waals surface area contributed by atoms with Crippen LogP contribution in [0.4, 0.5) is 0 Å². The molecule has 1 atom stereocenters. The zero-order valence-electron chi connectivity index (χ0n) is 12.6. The first-order chi connectivity index (χ1) is 9.59. The zero-order chi connectivity index (χ0) is 14.6. The largest absolute Gasteiger partial charge is 0.481 e. The first-order valence-corrected chi connectivity index (χ1v) is 7.63. The fraction of sp³-hybridized carbons (Fsp3) is 0.588. The van der Waals surface area contributed by atoms with Crippen LogP contribution in [-0.2, 0) is 17.8 Å². The van der Waals surface area contributed by atoms with Gasteiger partial charge in [-0.1, -0.05) is 44.5 Å². The number of rotatable bonds is 6. The summed E-state index contributed by atoms with van der Waals surface area (Å²) in [6, 6.07) is 8.67. The molecule has 1 unspecified atom stereocenters. The second kappa shape index (κ2) is 6.40. The second-order valence-electron chi connectivity index (χ2n) is 5.97. The lowest BCUT2D eigenvalue weighted by molar-refractivity contribution is -0.148. The van der Waals surface area contributed by atoms with Crippen LogP contribution in [0.25, 0.3) is 0 Å². The summed E-state index contributed by atoms with van der Waals surface area (Å²) in [6.07, 6.45) is 3.56. The summed E-state index contributed by atoms with van der Waals surface area (Å²) < 4.78 is 0. The summed E-state index contributed by atoms with van der Waals surface area (Å²) >= 11 is 0. The number of hydrogen-bond donors (Lipinski definition) is 1. The van der Waals surface area contributed by atoms with E-state index in [1.54, 1.807) is 0 Å². The maximum absolute atomic E-state index is 11.6. The summed E-state index contributed by atoms with van der Waals surface area (Å²) in [6.45, 7) is 6.66. The Hall–Kier alpha value is -1.35. The molecule has 1 aromatic rings. The van der Waals surface area contributed by atoms with Crippen molar-refractivity contribution in [2.24, 2.45) is 5.41 Å². The molecule has 1 aliphatic heterocycles. The van der Waals surface area contributed by atoms with Gasteiger partial charge in [0.25, 0.3) is 0 Å². The molecule has 0 aliphatic carbocycles. The van der Waals surface area contributed by atoms with E-state index in [0.717, 1.165) is 38.8 Å². The highest BCUT2D eigenvalue weighted by Gasteiger charge is 2.43. The standard InChI is InChI=1S/C17H25NO2/c1-3-9-17(16(19)20)10-11-18(13-17)12-15-7-5-14(4-2)6-8-15/h5-8H,3-4,9-13H2,1-2H3,(H,19,20). The molecule has 2 rings (SSSR count). The van der Waals surface area contributed by atoms with E-state index >= 15 is 0 Å². The Morgan fingerprint density at radius 1 is 1.25 bits per heavy atom. The van der Waals surface area contributed by atoms with Gasteiger partial charge in [-0.3, -0.25) is 9.69 Å². The Balaban J connectivity index is 1.99. The fourth-order valence-electron chi connectivity index (χ4n) is 3.20. The van der Waals surface area contributed by atoms with E-state index in [-0.39, 0.29) is 0 Å². The number of nitrogens with zero attached hydrogens (tertiary/aromatic N) is 1. The molecule has 3 heteroatoms. The van der Waals surface area contributed by atoms with Gasteiger partial charge < -0.3 is 5.11 Å². The molecule has 0 amide bonds. The Kier molecular flexibility index (Phi) is 4.81. The van der Waals surface area contributed by atoms with Gasteiger partial charge in [0.2, 0.25) is 0 Å². The number of likely N-dealkylation sites (tertiary alicyclic amines) is 1. The van der Waals surface area contributed by atoms with Crippen LogP contribution < -0.4 is 0 Å². The first-order valence-electron chi connectivity index (χ1n) is 7.63. The number of carbonyl (C=O) groups is 1. The highest BCUT2D eigenvalue weighted by atomic mass is 16.4. The minimum absolute atomic E-state index is 0.516. The summed E-state index contributed by atoms with van der Waals surface area (Å²) in [4.78, 5) is 13.9. The molecule has 1 N–H and O–H groups in total. The predicted octanol–water partition coefficient (Wildman–Crippen LogP) is 3.33. The number of aliphatic carboxylic acids is 1. The first kappa shape index (κ1) is 15.0. The van der Waals surface area contributed by atoms with Crippen molar-refractivity contribution in [1.29, 1.82) is 0 Å². The number of aryl methyl sites for hydroxylation is 1. The van der Waals surface area contributed by atoms with Crippen molar-refractivity contribution < 1.29 is 9.90 Å². The van der Waals surface area contributed by atoms with E-state index in [1.807, 2.05) is 0 Å². The molecule has 1 aliphatic rings. The molecule has 0 radical (unpaired) electrons. The van der Waals surface area contributed by atoms with Crippen molar-refractivity contribution >= 4 is 5.97 Å². The Morgan fingerprint density at radius 2 is 1.90 bits per heavy atom. The van der Waals surface area contributed by atoms with Gasteiger partial charge in [-0.05, 0) is 36.9 Å². The number of carboxylic acids is 1. The summed E-state index contributed by atoms with van der Waals surface area (Å²) in [5.41, 5.74) is 2.11. The van der Waals surface area contributed by atoms with E-state index in [0.29, 0.717) is 6.54 Å². The van der Waals surface area contributed by atoms with Gasteiger partial charge in [0.05, 0.1) is 5.41 Å². The molecule has 0 spiro atoms. The van der Waals surface area contributed by atoms with Crippen LogP contribution in [0.5, 0.6) is 0 Å². The summed E-state index contributed by atoms with van der Waals surface area (Å²) in [5.74, 6) is -0.622. The SMILES string of the molecule is CCCC1(C(=O)O)CCN(Cc2ccc(CC)cc2)C1. The molecule has 3 nitrogen and oxygen atoms in total. The molecular weight excluding hydrogens is 250 g/mol. The molecule has 0 aromatic heterocycles.